The molecule has 1 fully saturated rings. The van der Waals surface area contributed by atoms with Gasteiger partial charge in [0.25, 0.3) is 10.0 Å². The van der Waals surface area contributed by atoms with E-state index >= 15 is 0 Å². The summed E-state index contributed by atoms with van der Waals surface area (Å²) in [5.74, 6) is 0.609. The van der Waals surface area contributed by atoms with Crippen molar-refractivity contribution in [2.24, 2.45) is 5.92 Å². The van der Waals surface area contributed by atoms with Crippen LogP contribution in [0.3, 0.4) is 0 Å². The van der Waals surface area contributed by atoms with E-state index in [1.165, 1.54) is 31.0 Å². The lowest BCUT2D eigenvalue weighted by atomic mass is 10.1. The van der Waals surface area contributed by atoms with Crippen LogP contribution in [-0.2, 0) is 21.2 Å². The molecule has 8 heteroatoms. The molecule has 26 heavy (non-hydrogen) atoms. The summed E-state index contributed by atoms with van der Waals surface area (Å²) in [6.07, 6.45) is 2.65. The predicted molar refractivity (Wildman–Crippen MR) is 103 cm³/mol. The molecule has 2 N–H and O–H groups in total. The number of carbonyl (C=O) groups is 1. The van der Waals surface area contributed by atoms with Crippen LogP contribution in [0.15, 0.2) is 47.4 Å². The first-order chi connectivity index (χ1) is 12.3. The summed E-state index contributed by atoms with van der Waals surface area (Å²) in [6.45, 7) is 0.736. The van der Waals surface area contributed by atoms with Gasteiger partial charge in [-0.05, 0) is 54.7 Å². The van der Waals surface area contributed by atoms with Gasteiger partial charge in [0.2, 0.25) is 5.91 Å². The average Bonchev–Trinajstić information content (AvgIpc) is 3.41. The molecule has 0 bridgehead atoms. The highest BCUT2D eigenvalue weighted by Crippen LogP contribution is 2.28. The fourth-order valence-corrected chi connectivity index (χ4v) is 3.82. The molecular weight excluding hydrogens is 395 g/mol. The smallest absolute Gasteiger partial charge is 0.261 e. The molecule has 1 amide bonds. The zero-order chi connectivity index (χ0) is 18.7. The van der Waals surface area contributed by atoms with E-state index in [0.717, 1.165) is 12.1 Å². The van der Waals surface area contributed by atoms with Crippen molar-refractivity contribution >= 4 is 44.8 Å². The van der Waals surface area contributed by atoms with Gasteiger partial charge in [0, 0.05) is 12.2 Å². The first-order valence-corrected chi connectivity index (χ1v) is 10.4. The van der Waals surface area contributed by atoms with E-state index in [9.17, 15) is 13.2 Å². The van der Waals surface area contributed by atoms with Crippen LogP contribution in [0.25, 0.3) is 0 Å². The molecule has 138 valence electrons. The van der Waals surface area contributed by atoms with E-state index in [1.54, 1.807) is 24.3 Å². The molecule has 0 aromatic heterocycles. The first kappa shape index (κ1) is 19.0. The molecule has 2 aromatic rings. The van der Waals surface area contributed by atoms with Crippen LogP contribution in [0.1, 0.15) is 18.4 Å². The minimum Gasteiger partial charge on any atom is -0.356 e. The maximum Gasteiger partial charge on any atom is 0.261 e. The van der Waals surface area contributed by atoms with E-state index < -0.39 is 10.0 Å². The lowest BCUT2D eigenvalue weighted by molar-refractivity contribution is -0.120. The number of benzene rings is 2. The van der Waals surface area contributed by atoms with Crippen LogP contribution < -0.4 is 10.0 Å². The number of amides is 1. The topological polar surface area (TPSA) is 75.3 Å². The van der Waals surface area contributed by atoms with E-state index in [1.807, 2.05) is 0 Å². The van der Waals surface area contributed by atoms with Crippen molar-refractivity contribution in [2.45, 2.75) is 24.2 Å². The quantitative estimate of drug-likeness (QED) is 0.724. The van der Waals surface area contributed by atoms with Crippen LogP contribution >= 0.6 is 23.2 Å². The van der Waals surface area contributed by atoms with Crippen molar-refractivity contribution in [3.05, 3.63) is 58.1 Å². The summed E-state index contributed by atoms with van der Waals surface area (Å²) < 4.78 is 27.3. The minimum absolute atomic E-state index is 0.0235. The Balaban J connectivity index is 1.62. The summed E-state index contributed by atoms with van der Waals surface area (Å²) in [6, 6.07) is 10.8. The summed E-state index contributed by atoms with van der Waals surface area (Å²) in [5, 5.41) is 3.36. The van der Waals surface area contributed by atoms with Gasteiger partial charge in [0.15, 0.2) is 0 Å². The van der Waals surface area contributed by atoms with E-state index in [4.69, 9.17) is 23.2 Å². The second-order valence-electron chi connectivity index (χ2n) is 6.30. The Labute approximate surface area is 162 Å². The molecule has 3 rings (SSSR count). The van der Waals surface area contributed by atoms with Crippen LogP contribution in [0.4, 0.5) is 5.69 Å². The van der Waals surface area contributed by atoms with Crippen molar-refractivity contribution in [1.29, 1.82) is 0 Å². The number of halogens is 2. The zero-order valence-electron chi connectivity index (χ0n) is 13.8. The number of nitrogens with one attached hydrogen (secondary N) is 2. The Hall–Kier alpha value is -1.76. The summed E-state index contributed by atoms with van der Waals surface area (Å²) in [7, 11) is -3.77. The van der Waals surface area contributed by atoms with E-state index in [2.05, 4.69) is 10.0 Å². The van der Waals surface area contributed by atoms with Gasteiger partial charge in [0.1, 0.15) is 0 Å². The maximum absolute atomic E-state index is 12.4. The van der Waals surface area contributed by atoms with Gasteiger partial charge in [-0.2, -0.15) is 0 Å². The van der Waals surface area contributed by atoms with Crippen LogP contribution in [0, 0.1) is 5.92 Å². The highest BCUT2D eigenvalue weighted by atomic mass is 35.5. The molecule has 0 unspecified atom stereocenters. The number of anilines is 1. The number of hydrogen-bond donors (Lipinski definition) is 2. The Bertz CT molecular complexity index is 911. The third kappa shape index (κ3) is 5.13. The average molecular weight is 413 g/mol. The molecule has 1 aliphatic carbocycles. The molecule has 0 radical (unpaired) electrons. The van der Waals surface area contributed by atoms with Crippen LogP contribution in [0.2, 0.25) is 10.0 Å². The van der Waals surface area contributed by atoms with Gasteiger partial charge < -0.3 is 5.32 Å². The molecule has 0 aliphatic heterocycles. The normalized spacial score (nSPS) is 14.1. The van der Waals surface area contributed by atoms with Crippen molar-refractivity contribution in [1.82, 2.24) is 5.32 Å². The zero-order valence-corrected chi connectivity index (χ0v) is 16.2. The molecule has 1 aliphatic rings. The first-order valence-electron chi connectivity index (χ1n) is 8.17. The molecule has 1 saturated carbocycles. The number of carbonyl (C=O) groups excluding carboxylic acids is 1. The van der Waals surface area contributed by atoms with Crippen molar-refractivity contribution < 1.29 is 13.2 Å². The predicted octanol–water partition coefficient (Wildman–Crippen LogP) is 3.86. The lowest BCUT2D eigenvalue weighted by Gasteiger charge is -2.10. The van der Waals surface area contributed by atoms with Gasteiger partial charge >= 0.3 is 0 Å². The Kier molecular flexibility index (Phi) is 5.75. The van der Waals surface area contributed by atoms with E-state index in [-0.39, 0.29) is 27.3 Å². The minimum atomic E-state index is -3.77. The number of rotatable bonds is 7. The second-order valence-corrected chi connectivity index (χ2v) is 8.80. The summed E-state index contributed by atoms with van der Waals surface area (Å²) >= 11 is 11.7. The lowest BCUT2D eigenvalue weighted by Crippen LogP contribution is -2.27. The highest BCUT2D eigenvalue weighted by Gasteiger charge is 2.21. The second kappa shape index (κ2) is 7.86. The largest absolute Gasteiger partial charge is 0.356 e. The molecule has 0 saturated heterocycles. The molecule has 2 aromatic carbocycles. The molecule has 5 nitrogen and oxygen atoms in total. The van der Waals surface area contributed by atoms with Gasteiger partial charge in [-0.15, -0.1) is 0 Å². The molecule has 0 spiro atoms. The highest BCUT2D eigenvalue weighted by molar-refractivity contribution is 7.92. The van der Waals surface area contributed by atoms with Gasteiger partial charge in [-0.1, -0.05) is 35.3 Å². The maximum atomic E-state index is 12.4. The van der Waals surface area contributed by atoms with Crippen LogP contribution in [0.5, 0.6) is 0 Å². The fourth-order valence-electron chi connectivity index (χ4n) is 2.38. The Morgan fingerprint density at radius 1 is 1.04 bits per heavy atom. The third-order valence-electron chi connectivity index (χ3n) is 4.06. The molecular formula is C18H18Cl2N2O3S. The fraction of sp³-hybridized carbons (Fsp3) is 0.278. The van der Waals surface area contributed by atoms with Crippen molar-refractivity contribution in [3.63, 3.8) is 0 Å². The van der Waals surface area contributed by atoms with Crippen molar-refractivity contribution in [3.8, 4) is 0 Å². The van der Waals surface area contributed by atoms with E-state index in [0.29, 0.717) is 11.6 Å². The summed E-state index contributed by atoms with van der Waals surface area (Å²) in [4.78, 5) is 11.9. The number of hydrogen-bond acceptors (Lipinski definition) is 3. The van der Waals surface area contributed by atoms with Gasteiger partial charge in [-0.25, -0.2) is 8.42 Å². The van der Waals surface area contributed by atoms with Gasteiger partial charge in [0.05, 0.1) is 21.4 Å². The standard InChI is InChI=1S/C18H18Cl2N2O3S/c19-16-8-7-15(10-17(16)20)26(24,25)22-14-5-3-12(4-6-14)9-18(23)21-11-13-1-2-13/h3-8,10,13,22H,1-2,9,11H2,(H,21,23). The van der Waals surface area contributed by atoms with Gasteiger partial charge in [-0.3, -0.25) is 9.52 Å². The Morgan fingerprint density at radius 2 is 1.73 bits per heavy atom. The molecule has 0 atom stereocenters. The summed E-state index contributed by atoms with van der Waals surface area (Å²) in [5.41, 5.74) is 1.22. The Morgan fingerprint density at radius 3 is 2.35 bits per heavy atom. The SMILES string of the molecule is O=C(Cc1ccc(NS(=O)(=O)c2ccc(Cl)c(Cl)c2)cc1)NCC1CC1. The third-order valence-corrected chi connectivity index (χ3v) is 6.18. The van der Waals surface area contributed by atoms with Crippen molar-refractivity contribution in [2.75, 3.05) is 11.3 Å². The van der Waals surface area contributed by atoms with Crippen LogP contribution in [-0.4, -0.2) is 20.9 Å². The number of sulfonamides is 1. The monoisotopic (exact) mass is 412 g/mol. The molecule has 0 heterocycles.